The van der Waals surface area contributed by atoms with Gasteiger partial charge in [0.05, 0.1) is 0 Å². The third kappa shape index (κ3) is 1.85. The lowest BCUT2D eigenvalue weighted by Gasteiger charge is -1.84. The van der Waals surface area contributed by atoms with Gasteiger partial charge in [-0.05, 0) is 11.4 Å². The zero-order valence-electron chi connectivity index (χ0n) is 4.57. The second kappa shape index (κ2) is 2.64. The van der Waals surface area contributed by atoms with Gasteiger partial charge in [0, 0.05) is 4.88 Å². The second-order valence-corrected chi connectivity index (χ2v) is 2.48. The fourth-order valence-electron chi connectivity index (χ4n) is 0.495. The molecular weight excluding hydrogens is 136 g/mol. The number of carboxylic acids is 1. The van der Waals surface area contributed by atoms with Crippen LogP contribution in [-0.2, 0) is 4.79 Å². The molecular formula is C6H5O2S. The number of hydrogen-bond donors (Lipinski definition) is 1. The number of thiophene rings is 1. The first-order valence-electron chi connectivity index (χ1n) is 2.40. The van der Waals surface area contributed by atoms with Crippen molar-refractivity contribution in [3.8, 4) is 0 Å². The molecule has 1 heterocycles. The smallest absolute Gasteiger partial charge is 0.313 e. The molecule has 0 aliphatic carbocycles. The largest absolute Gasteiger partial charge is 0.481 e. The Hall–Kier alpha value is -0.830. The molecule has 0 atom stereocenters. The number of carbonyl (C=O) groups is 1. The quantitative estimate of drug-likeness (QED) is 0.675. The van der Waals surface area contributed by atoms with Gasteiger partial charge in [0.1, 0.15) is 6.42 Å². The molecule has 0 aromatic carbocycles. The van der Waals surface area contributed by atoms with Crippen molar-refractivity contribution >= 4 is 17.3 Å². The van der Waals surface area contributed by atoms with Crippen LogP contribution >= 0.6 is 11.3 Å². The van der Waals surface area contributed by atoms with Crippen molar-refractivity contribution < 1.29 is 9.90 Å². The van der Waals surface area contributed by atoms with E-state index in [0.29, 0.717) is 0 Å². The molecule has 2 nitrogen and oxygen atoms in total. The van der Waals surface area contributed by atoms with E-state index in [1.807, 2.05) is 11.4 Å². The molecule has 0 unspecified atom stereocenters. The van der Waals surface area contributed by atoms with Crippen molar-refractivity contribution in [2.75, 3.05) is 0 Å². The van der Waals surface area contributed by atoms with Crippen molar-refractivity contribution in [3.63, 3.8) is 0 Å². The van der Waals surface area contributed by atoms with Gasteiger partial charge < -0.3 is 5.11 Å². The normalized spacial score (nSPS) is 9.33. The molecule has 0 spiro atoms. The van der Waals surface area contributed by atoms with E-state index in [-0.39, 0.29) is 0 Å². The molecule has 1 aromatic rings. The molecule has 0 aliphatic heterocycles. The summed E-state index contributed by atoms with van der Waals surface area (Å²) in [6, 6.07) is 3.58. The number of rotatable bonds is 2. The highest BCUT2D eigenvalue weighted by Crippen LogP contribution is 2.09. The van der Waals surface area contributed by atoms with Crippen molar-refractivity contribution in [3.05, 3.63) is 28.8 Å². The number of aliphatic carboxylic acids is 1. The minimum absolute atomic E-state index is 0.780. The van der Waals surface area contributed by atoms with Gasteiger partial charge in [0.15, 0.2) is 0 Å². The first kappa shape index (κ1) is 6.29. The maximum atomic E-state index is 10.0. The van der Waals surface area contributed by atoms with Crippen LogP contribution in [0.1, 0.15) is 4.88 Å². The maximum absolute atomic E-state index is 10.0. The van der Waals surface area contributed by atoms with Gasteiger partial charge in [0.2, 0.25) is 0 Å². The van der Waals surface area contributed by atoms with Crippen LogP contribution in [0.4, 0.5) is 0 Å². The van der Waals surface area contributed by atoms with Crippen LogP contribution in [0.5, 0.6) is 0 Å². The van der Waals surface area contributed by atoms with Crippen LogP contribution in [-0.4, -0.2) is 11.1 Å². The fraction of sp³-hybridized carbons (Fsp3) is 0. The topological polar surface area (TPSA) is 37.3 Å². The lowest BCUT2D eigenvalue weighted by atomic mass is 10.3. The molecule has 1 aromatic heterocycles. The summed E-state index contributed by atoms with van der Waals surface area (Å²) in [5.74, 6) is -0.891. The van der Waals surface area contributed by atoms with Gasteiger partial charge in [-0.25, -0.2) is 0 Å². The standard InChI is InChI=1S/C6H5O2S/c7-6(8)4-5-2-1-3-9-5/h1-4H,(H,7,8). The van der Waals surface area contributed by atoms with Crippen LogP contribution in [0.15, 0.2) is 17.5 Å². The van der Waals surface area contributed by atoms with E-state index in [9.17, 15) is 4.79 Å². The van der Waals surface area contributed by atoms with Gasteiger partial charge in [-0.1, -0.05) is 6.07 Å². The molecule has 1 rings (SSSR count). The monoisotopic (exact) mass is 141 g/mol. The Morgan fingerprint density at radius 1 is 1.78 bits per heavy atom. The summed E-state index contributed by atoms with van der Waals surface area (Å²) >= 11 is 1.41. The van der Waals surface area contributed by atoms with Crippen molar-refractivity contribution in [2.24, 2.45) is 0 Å². The molecule has 1 radical (unpaired) electrons. The Kier molecular flexibility index (Phi) is 1.85. The van der Waals surface area contributed by atoms with Crippen LogP contribution in [0.2, 0.25) is 0 Å². The molecule has 0 fully saturated rings. The molecule has 0 bridgehead atoms. The summed E-state index contributed by atoms with van der Waals surface area (Å²) in [6.07, 6.45) is 1.19. The minimum atomic E-state index is -0.891. The molecule has 1 N–H and O–H groups in total. The van der Waals surface area contributed by atoms with Crippen LogP contribution in [0.3, 0.4) is 0 Å². The van der Waals surface area contributed by atoms with Crippen LogP contribution in [0, 0.1) is 6.42 Å². The minimum Gasteiger partial charge on any atom is -0.481 e. The first-order valence-corrected chi connectivity index (χ1v) is 3.28. The molecule has 9 heavy (non-hydrogen) atoms. The molecule has 0 amide bonds. The van der Waals surface area contributed by atoms with Gasteiger partial charge in [-0.2, -0.15) is 0 Å². The predicted molar refractivity (Wildman–Crippen MR) is 35.4 cm³/mol. The first-order chi connectivity index (χ1) is 4.29. The lowest BCUT2D eigenvalue weighted by molar-refractivity contribution is -0.132. The summed E-state index contributed by atoms with van der Waals surface area (Å²) in [5.41, 5.74) is 0. The summed E-state index contributed by atoms with van der Waals surface area (Å²) in [4.78, 5) is 10.8. The Morgan fingerprint density at radius 2 is 2.56 bits per heavy atom. The second-order valence-electron chi connectivity index (χ2n) is 1.50. The van der Waals surface area contributed by atoms with Gasteiger partial charge >= 0.3 is 5.97 Å². The van der Waals surface area contributed by atoms with E-state index in [1.54, 1.807) is 6.07 Å². The zero-order valence-corrected chi connectivity index (χ0v) is 5.39. The molecule has 0 saturated heterocycles. The molecule has 0 aliphatic rings. The zero-order chi connectivity index (χ0) is 6.69. The lowest BCUT2D eigenvalue weighted by Crippen LogP contribution is -1.93. The van der Waals surface area contributed by atoms with E-state index in [2.05, 4.69) is 0 Å². The SMILES string of the molecule is O=C(O)[CH]c1cccs1. The van der Waals surface area contributed by atoms with Crippen molar-refractivity contribution in [1.29, 1.82) is 0 Å². The average Bonchev–Trinajstić information content (AvgIpc) is 2.15. The van der Waals surface area contributed by atoms with Crippen LogP contribution < -0.4 is 0 Å². The van der Waals surface area contributed by atoms with Crippen LogP contribution in [0.25, 0.3) is 0 Å². The van der Waals surface area contributed by atoms with E-state index >= 15 is 0 Å². The third-order valence-corrected chi connectivity index (χ3v) is 1.63. The van der Waals surface area contributed by atoms with Crippen molar-refractivity contribution in [2.45, 2.75) is 0 Å². The van der Waals surface area contributed by atoms with E-state index < -0.39 is 5.97 Å². The van der Waals surface area contributed by atoms with E-state index in [0.717, 1.165) is 4.88 Å². The van der Waals surface area contributed by atoms with Gasteiger partial charge in [-0.15, -0.1) is 11.3 Å². The molecule has 0 saturated carbocycles. The van der Waals surface area contributed by atoms with Gasteiger partial charge in [-0.3, -0.25) is 4.79 Å². The Balaban J connectivity index is 2.58. The summed E-state index contributed by atoms with van der Waals surface area (Å²) in [6.45, 7) is 0. The Morgan fingerprint density at radius 3 is 3.00 bits per heavy atom. The maximum Gasteiger partial charge on any atom is 0.313 e. The predicted octanol–water partition coefficient (Wildman–Crippen LogP) is 1.39. The fourth-order valence-corrected chi connectivity index (χ4v) is 1.14. The Labute approximate surface area is 56.8 Å². The number of hydrogen-bond acceptors (Lipinski definition) is 2. The highest BCUT2D eigenvalue weighted by molar-refractivity contribution is 7.10. The highest BCUT2D eigenvalue weighted by atomic mass is 32.1. The van der Waals surface area contributed by atoms with E-state index in [4.69, 9.17) is 5.11 Å². The third-order valence-electron chi connectivity index (χ3n) is 0.809. The Bertz CT molecular complexity index is 191. The summed E-state index contributed by atoms with van der Waals surface area (Å²) < 4.78 is 0. The number of carboxylic acid groups (broad SMARTS) is 1. The summed E-state index contributed by atoms with van der Waals surface area (Å²) in [5, 5.41) is 10.1. The average molecular weight is 141 g/mol. The summed E-state index contributed by atoms with van der Waals surface area (Å²) in [7, 11) is 0. The molecule has 47 valence electrons. The molecule has 3 heteroatoms. The highest BCUT2D eigenvalue weighted by Gasteiger charge is 1.99. The van der Waals surface area contributed by atoms with Crippen molar-refractivity contribution in [1.82, 2.24) is 0 Å². The van der Waals surface area contributed by atoms with Gasteiger partial charge in [0.25, 0.3) is 0 Å². The van der Waals surface area contributed by atoms with E-state index in [1.165, 1.54) is 17.8 Å².